The molecule has 82 valence electrons. The van der Waals surface area contributed by atoms with Gasteiger partial charge >= 0.3 is 0 Å². The van der Waals surface area contributed by atoms with Gasteiger partial charge in [0, 0.05) is 12.1 Å². The van der Waals surface area contributed by atoms with Crippen molar-refractivity contribution in [3.63, 3.8) is 0 Å². The molecule has 0 aromatic rings. The summed E-state index contributed by atoms with van der Waals surface area (Å²) in [6, 6.07) is 0. The number of unbranched alkanes of at least 4 members (excludes halogenated alkanes) is 1. The molecule has 1 amide bonds. The third kappa shape index (κ3) is 7.80. The van der Waals surface area contributed by atoms with Crippen molar-refractivity contribution in [2.45, 2.75) is 33.1 Å². The highest BCUT2D eigenvalue weighted by Crippen LogP contribution is 1.88. The van der Waals surface area contributed by atoms with E-state index in [1.807, 2.05) is 0 Å². The maximum atomic E-state index is 11.1. The highest BCUT2D eigenvalue weighted by molar-refractivity contribution is 5.91. The third-order valence-electron chi connectivity index (χ3n) is 1.88. The lowest BCUT2D eigenvalue weighted by Crippen LogP contribution is -2.25. The van der Waals surface area contributed by atoms with Crippen molar-refractivity contribution in [1.82, 2.24) is 10.6 Å². The number of amides is 1. The zero-order chi connectivity index (χ0) is 10.8. The quantitative estimate of drug-likeness (QED) is 0.458. The molecule has 14 heavy (non-hydrogen) atoms. The maximum Gasteiger partial charge on any atom is 0.246 e. The van der Waals surface area contributed by atoms with Crippen LogP contribution in [-0.2, 0) is 4.79 Å². The Morgan fingerprint density at radius 2 is 1.86 bits per heavy atom. The van der Waals surface area contributed by atoms with E-state index in [0.717, 1.165) is 32.5 Å². The van der Waals surface area contributed by atoms with Crippen molar-refractivity contribution < 1.29 is 4.79 Å². The van der Waals surface area contributed by atoms with Crippen LogP contribution in [0.4, 0.5) is 0 Å². The molecule has 0 aliphatic rings. The van der Waals surface area contributed by atoms with Gasteiger partial charge < -0.3 is 10.6 Å². The molecule has 3 nitrogen and oxygen atoms in total. The number of nitrogens with one attached hydrogen (secondary N) is 2. The molecule has 0 fully saturated rings. The summed E-state index contributed by atoms with van der Waals surface area (Å²) >= 11 is 0. The molecule has 0 heterocycles. The Hall–Kier alpha value is -0.830. The maximum absolute atomic E-state index is 11.1. The molecule has 0 saturated carbocycles. The number of rotatable bonds is 8. The van der Waals surface area contributed by atoms with Gasteiger partial charge in [-0.1, -0.05) is 13.5 Å². The van der Waals surface area contributed by atoms with E-state index in [4.69, 9.17) is 0 Å². The Labute approximate surface area is 87.0 Å². The van der Waals surface area contributed by atoms with Crippen LogP contribution >= 0.6 is 0 Å². The third-order valence-corrected chi connectivity index (χ3v) is 1.88. The van der Waals surface area contributed by atoms with E-state index in [1.165, 1.54) is 6.42 Å². The van der Waals surface area contributed by atoms with Gasteiger partial charge in [0.1, 0.15) is 0 Å². The standard InChI is InChI=1S/C11H22N2O/c1-4-7-12-8-5-6-9-13-11(14)10(2)3/h12H,2,4-9H2,1,3H3,(H,13,14). The van der Waals surface area contributed by atoms with Crippen molar-refractivity contribution >= 4 is 5.91 Å². The molecule has 2 N–H and O–H groups in total. The van der Waals surface area contributed by atoms with Crippen molar-refractivity contribution in [2.75, 3.05) is 19.6 Å². The smallest absolute Gasteiger partial charge is 0.246 e. The normalized spacial score (nSPS) is 9.86. The second-order valence-corrected chi connectivity index (χ2v) is 3.49. The van der Waals surface area contributed by atoms with Gasteiger partial charge in [0.05, 0.1) is 0 Å². The summed E-state index contributed by atoms with van der Waals surface area (Å²) in [5.74, 6) is -0.0356. The summed E-state index contributed by atoms with van der Waals surface area (Å²) in [6.07, 6.45) is 3.30. The second-order valence-electron chi connectivity index (χ2n) is 3.49. The van der Waals surface area contributed by atoms with Crippen LogP contribution in [0.2, 0.25) is 0 Å². The van der Waals surface area contributed by atoms with Crippen LogP contribution in [0.1, 0.15) is 33.1 Å². The average molecular weight is 198 g/mol. The van der Waals surface area contributed by atoms with Crippen LogP contribution in [0.15, 0.2) is 12.2 Å². The minimum Gasteiger partial charge on any atom is -0.352 e. The Balaban J connectivity index is 3.13. The minimum absolute atomic E-state index is 0.0356. The van der Waals surface area contributed by atoms with Crippen molar-refractivity contribution in [3.05, 3.63) is 12.2 Å². The molecular formula is C11H22N2O. The molecule has 0 saturated heterocycles. The summed E-state index contributed by atoms with van der Waals surface area (Å²) in [7, 11) is 0. The van der Waals surface area contributed by atoms with E-state index in [9.17, 15) is 4.79 Å². The van der Waals surface area contributed by atoms with Gasteiger partial charge in [0.25, 0.3) is 0 Å². The van der Waals surface area contributed by atoms with Gasteiger partial charge in [0.2, 0.25) is 5.91 Å². The van der Waals surface area contributed by atoms with Gasteiger partial charge in [-0.3, -0.25) is 4.79 Å². The topological polar surface area (TPSA) is 41.1 Å². The highest BCUT2D eigenvalue weighted by Gasteiger charge is 1.98. The monoisotopic (exact) mass is 198 g/mol. The van der Waals surface area contributed by atoms with Crippen LogP contribution in [0.25, 0.3) is 0 Å². The van der Waals surface area contributed by atoms with Crippen LogP contribution in [-0.4, -0.2) is 25.5 Å². The van der Waals surface area contributed by atoms with E-state index in [1.54, 1.807) is 6.92 Å². The zero-order valence-electron chi connectivity index (χ0n) is 9.36. The number of carbonyl (C=O) groups is 1. The van der Waals surface area contributed by atoms with Crippen molar-refractivity contribution in [2.24, 2.45) is 0 Å². The number of hydrogen-bond acceptors (Lipinski definition) is 2. The largest absolute Gasteiger partial charge is 0.352 e. The first-order chi connectivity index (χ1) is 6.68. The molecule has 0 radical (unpaired) electrons. The SMILES string of the molecule is C=C(C)C(=O)NCCCCNCCC. The van der Waals surface area contributed by atoms with Gasteiger partial charge in [-0.15, -0.1) is 0 Å². The summed E-state index contributed by atoms with van der Waals surface area (Å²) in [5, 5.41) is 6.12. The molecule has 0 aromatic heterocycles. The molecule has 3 heteroatoms. The fourth-order valence-electron chi connectivity index (χ4n) is 1.03. The molecule has 0 aliphatic carbocycles. The Morgan fingerprint density at radius 3 is 2.43 bits per heavy atom. The second kappa shape index (κ2) is 8.75. The van der Waals surface area contributed by atoms with E-state index >= 15 is 0 Å². The predicted molar refractivity (Wildman–Crippen MR) is 60.2 cm³/mol. The van der Waals surface area contributed by atoms with Gasteiger partial charge in [-0.25, -0.2) is 0 Å². The molecule has 0 aliphatic heterocycles. The molecule has 0 unspecified atom stereocenters. The number of hydrogen-bond donors (Lipinski definition) is 2. The molecule has 0 bridgehead atoms. The summed E-state index contributed by atoms with van der Waals surface area (Å²) in [6.45, 7) is 10.3. The van der Waals surface area contributed by atoms with E-state index < -0.39 is 0 Å². The molecule has 0 spiro atoms. The van der Waals surface area contributed by atoms with E-state index in [2.05, 4.69) is 24.1 Å². The van der Waals surface area contributed by atoms with E-state index in [-0.39, 0.29) is 5.91 Å². The molecule has 0 atom stereocenters. The Morgan fingerprint density at radius 1 is 1.21 bits per heavy atom. The molecule has 0 aromatic carbocycles. The van der Waals surface area contributed by atoms with Crippen LogP contribution in [0.5, 0.6) is 0 Å². The zero-order valence-corrected chi connectivity index (χ0v) is 9.36. The average Bonchev–Trinajstić information content (AvgIpc) is 2.16. The first kappa shape index (κ1) is 13.2. The Kier molecular flexibility index (Phi) is 8.24. The molecular weight excluding hydrogens is 176 g/mol. The summed E-state index contributed by atoms with van der Waals surface area (Å²) < 4.78 is 0. The lowest BCUT2D eigenvalue weighted by Gasteiger charge is -2.05. The van der Waals surface area contributed by atoms with Crippen LogP contribution in [0.3, 0.4) is 0 Å². The first-order valence-corrected chi connectivity index (χ1v) is 5.33. The predicted octanol–water partition coefficient (Wildman–Crippen LogP) is 1.46. The van der Waals surface area contributed by atoms with Gasteiger partial charge in [0.15, 0.2) is 0 Å². The highest BCUT2D eigenvalue weighted by atomic mass is 16.1. The summed E-state index contributed by atoms with van der Waals surface area (Å²) in [5.41, 5.74) is 0.578. The van der Waals surface area contributed by atoms with Crippen LogP contribution in [0, 0.1) is 0 Å². The Bertz CT molecular complexity index is 178. The lowest BCUT2D eigenvalue weighted by molar-refractivity contribution is -0.117. The number of carbonyl (C=O) groups excluding carboxylic acids is 1. The summed E-state index contributed by atoms with van der Waals surface area (Å²) in [4.78, 5) is 11.1. The van der Waals surface area contributed by atoms with E-state index in [0.29, 0.717) is 5.57 Å². The molecule has 0 rings (SSSR count). The van der Waals surface area contributed by atoms with Crippen molar-refractivity contribution in [1.29, 1.82) is 0 Å². The lowest BCUT2D eigenvalue weighted by atomic mass is 10.3. The first-order valence-electron chi connectivity index (χ1n) is 5.33. The minimum atomic E-state index is -0.0356. The fraction of sp³-hybridized carbons (Fsp3) is 0.727. The van der Waals surface area contributed by atoms with Gasteiger partial charge in [-0.05, 0) is 39.3 Å². The van der Waals surface area contributed by atoms with Crippen molar-refractivity contribution in [3.8, 4) is 0 Å². The van der Waals surface area contributed by atoms with Gasteiger partial charge in [-0.2, -0.15) is 0 Å². The fourth-order valence-corrected chi connectivity index (χ4v) is 1.03. The van der Waals surface area contributed by atoms with Crippen LogP contribution < -0.4 is 10.6 Å².